The first-order valence-corrected chi connectivity index (χ1v) is 6.52. The van der Waals surface area contributed by atoms with Crippen LogP contribution in [-0.2, 0) is 13.1 Å². The molecule has 2 N–H and O–H groups in total. The summed E-state index contributed by atoms with van der Waals surface area (Å²) in [5, 5.41) is 12.2. The van der Waals surface area contributed by atoms with Crippen molar-refractivity contribution in [2.45, 2.75) is 33.0 Å². The van der Waals surface area contributed by atoms with E-state index < -0.39 is 6.09 Å². The molecule has 0 saturated carbocycles. The first kappa shape index (κ1) is 13.7. The van der Waals surface area contributed by atoms with Crippen LogP contribution in [0.2, 0.25) is 0 Å². The first-order valence-electron chi connectivity index (χ1n) is 6.52. The van der Waals surface area contributed by atoms with Gasteiger partial charge in [0.1, 0.15) is 12.4 Å². The van der Waals surface area contributed by atoms with Crippen LogP contribution in [0, 0.1) is 0 Å². The third-order valence-electron chi connectivity index (χ3n) is 3.09. The predicted molar refractivity (Wildman–Crippen MR) is 72.3 cm³/mol. The Morgan fingerprint density at radius 3 is 2.84 bits per heavy atom. The topological polar surface area (TPSA) is 61.8 Å². The largest absolute Gasteiger partial charge is 0.492 e. The summed E-state index contributed by atoms with van der Waals surface area (Å²) in [5.74, 6) is 0.802. The summed E-state index contributed by atoms with van der Waals surface area (Å²) in [6.07, 6.45) is -0.875. The number of amides is 1. The molecule has 0 aliphatic carbocycles. The maximum Gasteiger partial charge on any atom is 0.407 e. The molecule has 1 aliphatic heterocycles. The molecule has 5 nitrogen and oxygen atoms in total. The van der Waals surface area contributed by atoms with Crippen molar-refractivity contribution in [3.05, 3.63) is 29.3 Å². The summed E-state index contributed by atoms with van der Waals surface area (Å²) in [5.41, 5.74) is 2.10. The van der Waals surface area contributed by atoms with E-state index in [4.69, 9.17) is 9.84 Å². The third kappa shape index (κ3) is 3.61. The average Bonchev–Trinajstić information content (AvgIpc) is 2.77. The summed E-state index contributed by atoms with van der Waals surface area (Å²) in [4.78, 5) is 12.3. The number of hydrogen-bond acceptors (Lipinski definition) is 3. The maximum absolute atomic E-state index is 10.9. The second-order valence-corrected chi connectivity index (χ2v) is 5.03. The fourth-order valence-corrected chi connectivity index (χ4v) is 2.11. The maximum atomic E-state index is 10.9. The summed E-state index contributed by atoms with van der Waals surface area (Å²) in [6.45, 7) is 6.52. The van der Waals surface area contributed by atoms with Gasteiger partial charge in [0.05, 0.1) is 0 Å². The second kappa shape index (κ2) is 5.93. The number of fused-ring (bicyclic) bond motifs is 1. The van der Waals surface area contributed by atoms with Crippen LogP contribution in [0.3, 0.4) is 0 Å². The molecule has 5 heteroatoms. The standard InChI is InChI=1S/C14H20N2O3/c1-10(2)15-5-6-19-13-4-3-11-8-16(14(17)18)9-12(11)7-13/h3-4,7,10,15H,5-6,8-9H2,1-2H3,(H,17,18). The van der Waals surface area contributed by atoms with Gasteiger partial charge in [0.2, 0.25) is 0 Å². The Hall–Kier alpha value is -1.75. The number of ether oxygens (including phenoxy) is 1. The molecule has 0 unspecified atom stereocenters. The summed E-state index contributed by atoms with van der Waals surface area (Å²) in [6, 6.07) is 6.24. The normalized spacial score (nSPS) is 13.7. The van der Waals surface area contributed by atoms with E-state index in [-0.39, 0.29) is 0 Å². The van der Waals surface area contributed by atoms with Crippen LogP contribution in [0.25, 0.3) is 0 Å². The number of nitrogens with zero attached hydrogens (tertiary/aromatic N) is 1. The number of benzene rings is 1. The van der Waals surface area contributed by atoms with Crippen molar-refractivity contribution in [3.8, 4) is 5.75 Å². The zero-order valence-corrected chi connectivity index (χ0v) is 11.3. The highest BCUT2D eigenvalue weighted by atomic mass is 16.5. The van der Waals surface area contributed by atoms with Gasteiger partial charge in [0.25, 0.3) is 0 Å². The van der Waals surface area contributed by atoms with Crippen LogP contribution in [0.5, 0.6) is 5.75 Å². The van der Waals surface area contributed by atoms with E-state index >= 15 is 0 Å². The van der Waals surface area contributed by atoms with Gasteiger partial charge in [0, 0.05) is 25.7 Å². The van der Waals surface area contributed by atoms with Gasteiger partial charge in [-0.15, -0.1) is 0 Å². The van der Waals surface area contributed by atoms with Gasteiger partial charge in [0.15, 0.2) is 0 Å². The number of carbonyl (C=O) groups is 1. The minimum Gasteiger partial charge on any atom is -0.492 e. The van der Waals surface area contributed by atoms with E-state index in [1.807, 2.05) is 18.2 Å². The lowest BCUT2D eigenvalue weighted by Crippen LogP contribution is -2.27. The molecule has 1 aliphatic rings. The molecule has 0 saturated heterocycles. The summed E-state index contributed by atoms with van der Waals surface area (Å²) < 4.78 is 5.65. The molecule has 2 rings (SSSR count). The molecule has 0 aromatic heterocycles. The number of carboxylic acid groups (broad SMARTS) is 1. The predicted octanol–water partition coefficient (Wildman–Crippen LogP) is 2.06. The fourth-order valence-electron chi connectivity index (χ4n) is 2.11. The molecular formula is C14H20N2O3. The Bertz CT molecular complexity index is 460. The molecule has 0 fully saturated rings. The molecule has 1 heterocycles. The highest BCUT2D eigenvalue weighted by Gasteiger charge is 2.22. The van der Waals surface area contributed by atoms with Crippen molar-refractivity contribution in [1.82, 2.24) is 10.2 Å². The molecule has 19 heavy (non-hydrogen) atoms. The van der Waals surface area contributed by atoms with Gasteiger partial charge in [-0.1, -0.05) is 19.9 Å². The molecule has 0 radical (unpaired) electrons. The molecule has 0 atom stereocenters. The molecular weight excluding hydrogens is 244 g/mol. The van der Waals surface area contributed by atoms with Crippen molar-refractivity contribution in [2.24, 2.45) is 0 Å². The molecule has 104 valence electrons. The van der Waals surface area contributed by atoms with Crippen LogP contribution in [0.15, 0.2) is 18.2 Å². The van der Waals surface area contributed by atoms with E-state index in [2.05, 4.69) is 19.2 Å². The van der Waals surface area contributed by atoms with Crippen molar-refractivity contribution in [1.29, 1.82) is 0 Å². The Morgan fingerprint density at radius 2 is 2.16 bits per heavy atom. The van der Waals surface area contributed by atoms with Gasteiger partial charge in [-0.05, 0) is 23.3 Å². The SMILES string of the molecule is CC(C)NCCOc1ccc2c(c1)CN(C(=O)O)C2. The van der Waals surface area contributed by atoms with E-state index in [1.54, 1.807) is 0 Å². The van der Waals surface area contributed by atoms with Crippen LogP contribution in [0.4, 0.5) is 4.79 Å². The van der Waals surface area contributed by atoms with E-state index in [0.29, 0.717) is 25.7 Å². The van der Waals surface area contributed by atoms with Crippen LogP contribution in [-0.4, -0.2) is 35.3 Å². The lowest BCUT2D eigenvalue weighted by atomic mass is 10.1. The zero-order chi connectivity index (χ0) is 13.8. The quantitative estimate of drug-likeness (QED) is 0.799. The van der Waals surface area contributed by atoms with Crippen LogP contribution < -0.4 is 10.1 Å². The molecule has 1 aromatic rings. The highest BCUT2D eigenvalue weighted by molar-refractivity contribution is 5.66. The smallest absolute Gasteiger partial charge is 0.407 e. The van der Waals surface area contributed by atoms with Gasteiger partial charge in [-0.2, -0.15) is 0 Å². The minimum absolute atomic E-state index is 0.451. The van der Waals surface area contributed by atoms with Crippen molar-refractivity contribution in [3.63, 3.8) is 0 Å². The summed E-state index contributed by atoms with van der Waals surface area (Å²) >= 11 is 0. The number of hydrogen-bond donors (Lipinski definition) is 2. The van der Waals surface area contributed by atoms with Crippen molar-refractivity contribution >= 4 is 6.09 Å². The van der Waals surface area contributed by atoms with Crippen LogP contribution >= 0.6 is 0 Å². The number of nitrogens with one attached hydrogen (secondary N) is 1. The minimum atomic E-state index is -0.875. The molecule has 0 bridgehead atoms. The van der Waals surface area contributed by atoms with Crippen LogP contribution in [0.1, 0.15) is 25.0 Å². The fraction of sp³-hybridized carbons (Fsp3) is 0.500. The van der Waals surface area contributed by atoms with Gasteiger partial charge in [-0.25, -0.2) is 4.79 Å². The van der Waals surface area contributed by atoms with E-state index in [0.717, 1.165) is 23.4 Å². The van der Waals surface area contributed by atoms with E-state index in [9.17, 15) is 4.79 Å². The Labute approximate surface area is 113 Å². The molecule has 1 aromatic carbocycles. The van der Waals surface area contributed by atoms with E-state index in [1.165, 1.54) is 4.90 Å². The second-order valence-electron chi connectivity index (χ2n) is 5.03. The first-order chi connectivity index (χ1) is 9.06. The Kier molecular flexibility index (Phi) is 4.27. The summed E-state index contributed by atoms with van der Waals surface area (Å²) in [7, 11) is 0. The lowest BCUT2D eigenvalue weighted by Gasteiger charge is -2.10. The van der Waals surface area contributed by atoms with Gasteiger partial charge < -0.3 is 15.2 Å². The van der Waals surface area contributed by atoms with Crippen molar-refractivity contribution < 1.29 is 14.6 Å². The third-order valence-corrected chi connectivity index (χ3v) is 3.09. The highest BCUT2D eigenvalue weighted by Crippen LogP contribution is 2.26. The zero-order valence-electron chi connectivity index (χ0n) is 11.3. The number of rotatable bonds is 5. The molecule has 0 spiro atoms. The lowest BCUT2D eigenvalue weighted by molar-refractivity contribution is 0.145. The van der Waals surface area contributed by atoms with Gasteiger partial charge >= 0.3 is 6.09 Å². The Balaban J connectivity index is 1.89. The monoisotopic (exact) mass is 264 g/mol. The Morgan fingerprint density at radius 1 is 1.42 bits per heavy atom. The average molecular weight is 264 g/mol. The van der Waals surface area contributed by atoms with Gasteiger partial charge in [-0.3, -0.25) is 4.90 Å². The van der Waals surface area contributed by atoms with Crippen molar-refractivity contribution in [2.75, 3.05) is 13.2 Å². The molecule has 1 amide bonds.